The summed E-state index contributed by atoms with van der Waals surface area (Å²) in [6.45, 7) is 4.99. The van der Waals surface area contributed by atoms with Gasteiger partial charge in [-0.05, 0) is 12.1 Å². The van der Waals surface area contributed by atoms with Crippen molar-refractivity contribution in [2.75, 3.05) is 11.9 Å². The fourth-order valence-corrected chi connectivity index (χ4v) is 1.67. The van der Waals surface area contributed by atoms with Gasteiger partial charge in [-0.1, -0.05) is 13.8 Å². The Balaban J connectivity index is 2.05. The van der Waals surface area contributed by atoms with Crippen LogP contribution < -0.4 is 5.32 Å². The van der Waals surface area contributed by atoms with Crippen LogP contribution in [0.4, 0.5) is 5.82 Å². The standard InChI is InChI=1S/C13H15N5/c1-13(2,11-4-3-5-15-11)8-16-12-6-10(7-14)17-9-18-12/h3-6,9,15H,8H2,1-2H3,(H,16,17,18). The van der Waals surface area contributed by atoms with Crippen molar-refractivity contribution in [2.45, 2.75) is 19.3 Å². The van der Waals surface area contributed by atoms with Gasteiger partial charge in [0, 0.05) is 29.9 Å². The summed E-state index contributed by atoms with van der Waals surface area (Å²) < 4.78 is 0. The summed E-state index contributed by atoms with van der Waals surface area (Å²) in [5.41, 5.74) is 1.48. The van der Waals surface area contributed by atoms with Gasteiger partial charge >= 0.3 is 0 Å². The summed E-state index contributed by atoms with van der Waals surface area (Å²) in [6.07, 6.45) is 3.30. The number of aromatic nitrogens is 3. The molecule has 0 aliphatic rings. The largest absolute Gasteiger partial charge is 0.369 e. The lowest BCUT2D eigenvalue weighted by molar-refractivity contribution is 0.541. The second kappa shape index (κ2) is 4.88. The van der Waals surface area contributed by atoms with Crippen LogP contribution in [0.2, 0.25) is 0 Å². The number of nitrogens with one attached hydrogen (secondary N) is 2. The highest BCUT2D eigenvalue weighted by Crippen LogP contribution is 2.21. The molecular weight excluding hydrogens is 226 g/mol. The van der Waals surface area contributed by atoms with Gasteiger partial charge < -0.3 is 10.3 Å². The second-order valence-corrected chi connectivity index (χ2v) is 4.72. The van der Waals surface area contributed by atoms with Crippen LogP contribution in [-0.2, 0) is 5.41 Å². The zero-order chi connectivity index (χ0) is 13.0. The van der Waals surface area contributed by atoms with Crippen LogP contribution in [0.5, 0.6) is 0 Å². The first-order valence-corrected chi connectivity index (χ1v) is 5.72. The fourth-order valence-electron chi connectivity index (χ4n) is 1.67. The molecule has 2 heterocycles. The average molecular weight is 241 g/mol. The Morgan fingerprint density at radius 2 is 2.28 bits per heavy atom. The molecule has 2 N–H and O–H groups in total. The molecule has 18 heavy (non-hydrogen) atoms. The van der Waals surface area contributed by atoms with Gasteiger partial charge in [-0.2, -0.15) is 5.26 Å². The monoisotopic (exact) mass is 241 g/mol. The summed E-state index contributed by atoms with van der Waals surface area (Å²) in [4.78, 5) is 11.1. The first-order chi connectivity index (χ1) is 8.62. The Morgan fingerprint density at radius 3 is 2.94 bits per heavy atom. The van der Waals surface area contributed by atoms with Gasteiger partial charge in [-0.3, -0.25) is 0 Å². The van der Waals surface area contributed by atoms with Crippen LogP contribution in [0, 0.1) is 11.3 Å². The third-order valence-corrected chi connectivity index (χ3v) is 2.82. The lowest BCUT2D eigenvalue weighted by Crippen LogP contribution is -2.28. The van der Waals surface area contributed by atoms with Crippen LogP contribution in [-0.4, -0.2) is 21.5 Å². The normalized spacial score (nSPS) is 10.9. The first kappa shape index (κ1) is 12.1. The van der Waals surface area contributed by atoms with Crippen molar-refractivity contribution in [3.63, 3.8) is 0 Å². The van der Waals surface area contributed by atoms with Crippen molar-refractivity contribution in [3.8, 4) is 6.07 Å². The number of rotatable bonds is 4. The predicted molar refractivity (Wildman–Crippen MR) is 69.1 cm³/mol. The Hall–Kier alpha value is -2.35. The fraction of sp³-hybridized carbons (Fsp3) is 0.308. The van der Waals surface area contributed by atoms with E-state index in [0.717, 1.165) is 12.2 Å². The number of nitriles is 1. The maximum atomic E-state index is 8.77. The van der Waals surface area contributed by atoms with E-state index < -0.39 is 0 Å². The van der Waals surface area contributed by atoms with Crippen molar-refractivity contribution < 1.29 is 0 Å². The molecule has 0 aromatic carbocycles. The Bertz CT molecular complexity index is 551. The molecule has 0 fully saturated rings. The smallest absolute Gasteiger partial charge is 0.145 e. The van der Waals surface area contributed by atoms with Gasteiger partial charge in [-0.25, -0.2) is 9.97 Å². The van der Waals surface area contributed by atoms with Crippen LogP contribution in [0.3, 0.4) is 0 Å². The van der Waals surface area contributed by atoms with E-state index in [0.29, 0.717) is 11.5 Å². The molecule has 92 valence electrons. The minimum atomic E-state index is -0.0404. The van der Waals surface area contributed by atoms with Crippen molar-refractivity contribution in [1.82, 2.24) is 15.0 Å². The highest BCUT2D eigenvalue weighted by atomic mass is 15.0. The second-order valence-electron chi connectivity index (χ2n) is 4.72. The Morgan fingerprint density at radius 1 is 1.44 bits per heavy atom. The summed E-state index contributed by atoms with van der Waals surface area (Å²) in [6, 6.07) is 7.68. The minimum Gasteiger partial charge on any atom is -0.369 e. The molecule has 5 nitrogen and oxygen atoms in total. The highest BCUT2D eigenvalue weighted by molar-refractivity contribution is 5.39. The molecule has 2 aromatic rings. The Labute approximate surface area is 106 Å². The summed E-state index contributed by atoms with van der Waals surface area (Å²) in [7, 11) is 0. The van der Waals surface area contributed by atoms with Crippen molar-refractivity contribution >= 4 is 5.82 Å². The molecule has 0 atom stereocenters. The van der Waals surface area contributed by atoms with Gasteiger partial charge in [0.05, 0.1) is 0 Å². The number of hydrogen-bond donors (Lipinski definition) is 2. The van der Waals surface area contributed by atoms with Crippen LogP contribution in [0.1, 0.15) is 25.2 Å². The SMILES string of the molecule is CC(C)(CNc1cc(C#N)ncn1)c1ccc[nH]1. The highest BCUT2D eigenvalue weighted by Gasteiger charge is 2.21. The van der Waals surface area contributed by atoms with Crippen LogP contribution >= 0.6 is 0 Å². The zero-order valence-corrected chi connectivity index (χ0v) is 10.4. The van der Waals surface area contributed by atoms with E-state index in [1.165, 1.54) is 6.33 Å². The van der Waals surface area contributed by atoms with Gasteiger partial charge in [0.15, 0.2) is 0 Å². The van der Waals surface area contributed by atoms with E-state index in [4.69, 9.17) is 5.26 Å². The number of hydrogen-bond acceptors (Lipinski definition) is 4. The van der Waals surface area contributed by atoms with E-state index in [2.05, 4.69) is 40.2 Å². The van der Waals surface area contributed by atoms with Crippen LogP contribution in [0.15, 0.2) is 30.7 Å². The molecule has 0 unspecified atom stereocenters. The number of nitrogens with zero attached hydrogens (tertiary/aromatic N) is 3. The number of anilines is 1. The molecule has 0 amide bonds. The van der Waals surface area contributed by atoms with E-state index in [1.54, 1.807) is 6.07 Å². The van der Waals surface area contributed by atoms with Gasteiger partial charge in [-0.15, -0.1) is 0 Å². The number of H-pyrrole nitrogens is 1. The maximum Gasteiger partial charge on any atom is 0.145 e. The summed E-state index contributed by atoms with van der Waals surface area (Å²) in [5.74, 6) is 0.668. The van der Waals surface area contributed by atoms with E-state index in [9.17, 15) is 0 Å². The third kappa shape index (κ3) is 2.66. The summed E-state index contributed by atoms with van der Waals surface area (Å²) >= 11 is 0. The van der Waals surface area contributed by atoms with Gasteiger partial charge in [0.2, 0.25) is 0 Å². The molecule has 0 spiro atoms. The predicted octanol–water partition coefficient (Wildman–Crippen LogP) is 2.07. The molecule has 0 radical (unpaired) electrons. The van der Waals surface area contributed by atoms with Gasteiger partial charge in [0.1, 0.15) is 23.9 Å². The van der Waals surface area contributed by atoms with E-state index in [-0.39, 0.29) is 5.41 Å². The molecule has 5 heteroatoms. The number of aromatic amines is 1. The molecule has 0 bridgehead atoms. The third-order valence-electron chi connectivity index (χ3n) is 2.82. The molecular formula is C13H15N5. The van der Waals surface area contributed by atoms with E-state index >= 15 is 0 Å². The van der Waals surface area contributed by atoms with Crippen molar-refractivity contribution in [3.05, 3.63) is 42.1 Å². The minimum absolute atomic E-state index is 0.0404. The molecule has 2 rings (SSSR count). The molecule has 0 aliphatic carbocycles. The Kier molecular flexibility index (Phi) is 3.28. The summed E-state index contributed by atoms with van der Waals surface area (Å²) in [5, 5.41) is 12.0. The molecule has 2 aromatic heterocycles. The molecule has 0 aliphatic heterocycles. The van der Waals surface area contributed by atoms with Crippen LogP contribution in [0.25, 0.3) is 0 Å². The topological polar surface area (TPSA) is 77.4 Å². The molecule has 0 saturated carbocycles. The zero-order valence-electron chi connectivity index (χ0n) is 10.4. The van der Waals surface area contributed by atoms with E-state index in [1.807, 2.05) is 18.3 Å². The quantitative estimate of drug-likeness (QED) is 0.859. The van der Waals surface area contributed by atoms with Gasteiger partial charge in [0.25, 0.3) is 0 Å². The molecule has 0 saturated heterocycles. The van der Waals surface area contributed by atoms with Crippen molar-refractivity contribution in [1.29, 1.82) is 5.26 Å². The lowest BCUT2D eigenvalue weighted by Gasteiger charge is -2.24. The van der Waals surface area contributed by atoms with Crippen molar-refractivity contribution in [2.24, 2.45) is 0 Å². The lowest BCUT2D eigenvalue weighted by atomic mass is 9.89. The average Bonchev–Trinajstić information content (AvgIpc) is 2.91. The maximum absolute atomic E-state index is 8.77. The first-order valence-electron chi connectivity index (χ1n) is 5.72.